The number of likely N-dealkylation sites (tertiary alicyclic amines) is 1. The van der Waals surface area contributed by atoms with Gasteiger partial charge in [0.1, 0.15) is 0 Å². The minimum Gasteiger partial charge on any atom is -0.411 e. The van der Waals surface area contributed by atoms with Gasteiger partial charge in [0, 0.05) is 24.4 Å². The lowest BCUT2D eigenvalue weighted by Crippen LogP contribution is -2.43. The molecule has 0 aromatic heterocycles. The maximum absolute atomic E-state index is 9.80. The van der Waals surface area contributed by atoms with E-state index in [1.165, 1.54) is 30.4 Å². The molecular weight excluding hydrogens is 320 g/mol. The third-order valence-electron chi connectivity index (χ3n) is 5.71. The molecule has 3 rings (SSSR count). The quantitative estimate of drug-likeness (QED) is 0.404. The Morgan fingerprint density at radius 1 is 0.962 bits per heavy atom. The van der Waals surface area contributed by atoms with Crippen molar-refractivity contribution in [3.05, 3.63) is 71.8 Å². The van der Waals surface area contributed by atoms with Gasteiger partial charge in [-0.2, -0.15) is 0 Å². The van der Waals surface area contributed by atoms with Crippen molar-refractivity contribution in [1.82, 2.24) is 4.90 Å². The Morgan fingerprint density at radius 3 is 2.15 bits per heavy atom. The topological polar surface area (TPSA) is 35.8 Å². The van der Waals surface area contributed by atoms with Crippen molar-refractivity contribution >= 4 is 5.71 Å². The van der Waals surface area contributed by atoms with Crippen molar-refractivity contribution in [1.29, 1.82) is 0 Å². The summed E-state index contributed by atoms with van der Waals surface area (Å²) in [4.78, 5) is 2.48. The first-order chi connectivity index (χ1) is 12.8. The molecular formula is C23H30N2O. The molecule has 0 unspecified atom stereocenters. The zero-order chi connectivity index (χ0) is 18.4. The van der Waals surface area contributed by atoms with Gasteiger partial charge in [-0.05, 0) is 24.6 Å². The lowest BCUT2D eigenvalue weighted by molar-refractivity contribution is 0.117. The highest BCUT2D eigenvalue weighted by Crippen LogP contribution is 2.44. The molecule has 1 N–H and O–H groups in total. The van der Waals surface area contributed by atoms with Crippen LogP contribution < -0.4 is 0 Å². The van der Waals surface area contributed by atoms with Crippen LogP contribution in [0.25, 0.3) is 0 Å². The number of piperidine rings is 1. The first kappa shape index (κ1) is 18.7. The van der Waals surface area contributed by atoms with Crippen LogP contribution in [0.15, 0.2) is 65.8 Å². The van der Waals surface area contributed by atoms with Crippen LogP contribution in [0.3, 0.4) is 0 Å². The maximum Gasteiger partial charge on any atom is 0.0639 e. The highest BCUT2D eigenvalue weighted by atomic mass is 16.4. The molecule has 26 heavy (non-hydrogen) atoms. The molecule has 0 amide bonds. The number of rotatable bonds is 6. The van der Waals surface area contributed by atoms with Gasteiger partial charge in [-0.3, -0.25) is 4.90 Å². The Bertz CT molecular complexity index is 699. The summed E-state index contributed by atoms with van der Waals surface area (Å²) in [5.74, 6) is 0.263. The van der Waals surface area contributed by atoms with E-state index in [0.29, 0.717) is 0 Å². The van der Waals surface area contributed by atoms with E-state index in [1.54, 1.807) is 0 Å². The van der Waals surface area contributed by atoms with Crippen LogP contribution in [0, 0.1) is 5.92 Å². The summed E-state index contributed by atoms with van der Waals surface area (Å²) in [6.45, 7) is 2.23. The zero-order valence-electron chi connectivity index (χ0n) is 15.9. The summed E-state index contributed by atoms with van der Waals surface area (Å²) >= 11 is 0. The smallest absolute Gasteiger partial charge is 0.0639 e. The Hall–Kier alpha value is -2.13. The molecule has 0 aliphatic carbocycles. The van der Waals surface area contributed by atoms with Gasteiger partial charge < -0.3 is 5.21 Å². The molecule has 1 aliphatic rings. The van der Waals surface area contributed by atoms with Crippen LogP contribution in [0.4, 0.5) is 0 Å². The van der Waals surface area contributed by atoms with E-state index < -0.39 is 0 Å². The normalized spacial score (nSPS) is 25.5. The Morgan fingerprint density at radius 2 is 1.58 bits per heavy atom. The molecule has 1 aliphatic heterocycles. The molecule has 2 aromatic carbocycles. The van der Waals surface area contributed by atoms with Gasteiger partial charge in [0.15, 0.2) is 0 Å². The fourth-order valence-electron chi connectivity index (χ4n) is 4.35. The number of oxime groups is 1. The van der Waals surface area contributed by atoms with Gasteiger partial charge in [0.05, 0.1) is 5.71 Å². The van der Waals surface area contributed by atoms with E-state index in [9.17, 15) is 5.21 Å². The predicted octanol–water partition coefficient (Wildman–Crippen LogP) is 5.83. The van der Waals surface area contributed by atoms with Crippen LogP contribution >= 0.6 is 0 Å². The second-order valence-corrected chi connectivity index (χ2v) is 7.35. The Balaban J connectivity index is 1.97. The summed E-state index contributed by atoms with van der Waals surface area (Å²) in [5, 5.41) is 13.6. The van der Waals surface area contributed by atoms with Crippen LogP contribution in [-0.4, -0.2) is 22.9 Å². The number of nitrogens with zero attached hydrogens (tertiary/aromatic N) is 2. The number of hydrogen-bond acceptors (Lipinski definition) is 3. The van der Waals surface area contributed by atoms with Crippen molar-refractivity contribution in [3.8, 4) is 0 Å². The van der Waals surface area contributed by atoms with E-state index in [4.69, 9.17) is 0 Å². The van der Waals surface area contributed by atoms with Gasteiger partial charge in [-0.15, -0.1) is 0 Å². The molecule has 3 nitrogen and oxygen atoms in total. The highest BCUT2D eigenvalue weighted by molar-refractivity contribution is 5.88. The summed E-state index contributed by atoms with van der Waals surface area (Å²) in [7, 11) is 2.22. The van der Waals surface area contributed by atoms with Crippen LogP contribution in [0.1, 0.15) is 62.2 Å². The average Bonchev–Trinajstić information content (AvgIpc) is 2.70. The third kappa shape index (κ3) is 3.99. The van der Waals surface area contributed by atoms with Crippen molar-refractivity contribution in [2.45, 2.75) is 51.1 Å². The lowest BCUT2D eigenvalue weighted by Gasteiger charge is -2.45. The molecule has 3 atom stereocenters. The molecule has 3 heteroatoms. The van der Waals surface area contributed by atoms with E-state index in [2.05, 4.69) is 84.7 Å². The summed E-state index contributed by atoms with van der Waals surface area (Å²) in [6, 6.07) is 21.7. The molecule has 1 heterocycles. The van der Waals surface area contributed by atoms with Crippen LogP contribution in [0.2, 0.25) is 0 Å². The summed E-state index contributed by atoms with van der Waals surface area (Å²) in [6.07, 6.45) is 5.46. The first-order valence-electron chi connectivity index (χ1n) is 9.79. The van der Waals surface area contributed by atoms with E-state index in [1.807, 2.05) is 0 Å². The SMILES string of the molecule is CCCCC[C@H]1C(=NO)C[C@@H](c2ccccc2)N(C)[C@H]1c1ccccc1. The number of hydrogen-bond donors (Lipinski definition) is 1. The standard InChI is InChI=1S/C23H30N2O/c1-3-4-7-16-20-21(24-26)17-22(18-12-8-5-9-13-18)25(2)23(20)19-14-10-6-11-15-19/h5-6,8-15,20,22-23,26H,3-4,7,16-17H2,1-2H3/t20-,22-,23-/m0/s1. The molecule has 1 saturated heterocycles. The first-order valence-corrected chi connectivity index (χ1v) is 9.79. The zero-order valence-corrected chi connectivity index (χ0v) is 15.9. The monoisotopic (exact) mass is 350 g/mol. The van der Waals surface area contributed by atoms with E-state index >= 15 is 0 Å². The van der Waals surface area contributed by atoms with Crippen molar-refractivity contribution in [3.63, 3.8) is 0 Å². The lowest BCUT2D eigenvalue weighted by atomic mass is 9.76. The van der Waals surface area contributed by atoms with Crippen LogP contribution in [-0.2, 0) is 0 Å². The third-order valence-corrected chi connectivity index (χ3v) is 5.71. The highest BCUT2D eigenvalue weighted by Gasteiger charge is 2.40. The molecule has 0 spiro atoms. The maximum atomic E-state index is 9.80. The predicted molar refractivity (Wildman–Crippen MR) is 108 cm³/mol. The molecule has 0 saturated carbocycles. The number of unbranched alkanes of at least 4 members (excludes halogenated alkanes) is 2. The fraction of sp³-hybridized carbons (Fsp3) is 0.435. The number of benzene rings is 2. The van der Waals surface area contributed by atoms with Gasteiger partial charge in [0.2, 0.25) is 0 Å². The van der Waals surface area contributed by atoms with E-state index in [-0.39, 0.29) is 18.0 Å². The largest absolute Gasteiger partial charge is 0.411 e. The molecule has 2 aromatic rings. The summed E-state index contributed by atoms with van der Waals surface area (Å²) < 4.78 is 0. The Labute approximate surface area is 157 Å². The van der Waals surface area contributed by atoms with Gasteiger partial charge in [0.25, 0.3) is 0 Å². The Kier molecular flexibility index (Phi) is 6.45. The van der Waals surface area contributed by atoms with Crippen molar-refractivity contribution in [2.75, 3.05) is 7.05 Å². The molecule has 0 bridgehead atoms. The van der Waals surface area contributed by atoms with Crippen molar-refractivity contribution in [2.24, 2.45) is 11.1 Å². The summed E-state index contributed by atoms with van der Waals surface area (Å²) in [5.41, 5.74) is 3.53. The van der Waals surface area contributed by atoms with Gasteiger partial charge in [-0.25, -0.2) is 0 Å². The molecule has 0 radical (unpaired) electrons. The molecule has 1 fully saturated rings. The van der Waals surface area contributed by atoms with Gasteiger partial charge in [-0.1, -0.05) is 92.0 Å². The van der Waals surface area contributed by atoms with Crippen molar-refractivity contribution < 1.29 is 5.21 Å². The second kappa shape index (κ2) is 9.00. The van der Waals surface area contributed by atoms with Gasteiger partial charge >= 0.3 is 0 Å². The average molecular weight is 351 g/mol. The minimum absolute atomic E-state index is 0.231. The van der Waals surface area contributed by atoms with Crippen LogP contribution in [0.5, 0.6) is 0 Å². The van der Waals surface area contributed by atoms with E-state index in [0.717, 1.165) is 18.6 Å². The minimum atomic E-state index is 0.231. The second-order valence-electron chi connectivity index (χ2n) is 7.35. The fourth-order valence-corrected chi connectivity index (χ4v) is 4.35. The molecule has 138 valence electrons.